The van der Waals surface area contributed by atoms with Crippen molar-refractivity contribution in [3.8, 4) is 11.5 Å². The van der Waals surface area contributed by atoms with Gasteiger partial charge in [0, 0.05) is 38.3 Å². The van der Waals surface area contributed by atoms with Gasteiger partial charge in [-0.15, -0.1) is 10.2 Å². The van der Waals surface area contributed by atoms with E-state index in [9.17, 15) is 5.11 Å². The van der Waals surface area contributed by atoms with Crippen LogP contribution in [0.25, 0.3) is 11.5 Å². The van der Waals surface area contributed by atoms with Crippen molar-refractivity contribution in [3.63, 3.8) is 0 Å². The molecule has 9 heteroatoms. The molecule has 0 saturated heterocycles. The maximum Gasteiger partial charge on any atom is 0.182 e. The number of pyridine rings is 2. The minimum atomic E-state index is -0.839. The Kier molecular flexibility index (Phi) is 5.40. The molecule has 3 aromatic rings. The summed E-state index contributed by atoms with van der Waals surface area (Å²) in [6.45, 7) is 7.27. The second-order valence-electron chi connectivity index (χ2n) is 8.74. The highest BCUT2D eigenvalue weighted by Gasteiger charge is 2.36. The standard InChI is InChI=1S/C22H30N8O/c1-6-10-29-13-24-27-20(29)16-8-7-9-17(25-16)30-12-15-14(21(30)31)11-18(28(4)5)26-19(15)22(2,3)23/h7-9,11,13,21,31H,6,10,12,23H2,1-5H3. The van der Waals surface area contributed by atoms with E-state index < -0.39 is 11.8 Å². The number of aromatic nitrogens is 5. The van der Waals surface area contributed by atoms with Crippen molar-refractivity contribution < 1.29 is 5.11 Å². The number of hydrogen-bond acceptors (Lipinski definition) is 8. The normalized spacial score (nSPS) is 16.0. The number of fused-ring (bicyclic) bond motifs is 1. The van der Waals surface area contributed by atoms with Crippen LogP contribution >= 0.6 is 0 Å². The fourth-order valence-corrected chi connectivity index (χ4v) is 3.93. The van der Waals surface area contributed by atoms with Crippen molar-refractivity contribution in [1.82, 2.24) is 24.7 Å². The Morgan fingerprint density at radius 3 is 2.71 bits per heavy atom. The topological polar surface area (TPSA) is 109 Å². The summed E-state index contributed by atoms with van der Waals surface area (Å²) >= 11 is 0. The molecule has 0 spiro atoms. The number of nitrogens with zero attached hydrogens (tertiary/aromatic N) is 7. The van der Waals surface area contributed by atoms with E-state index in [4.69, 9.17) is 15.7 Å². The van der Waals surface area contributed by atoms with E-state index in [0.29, 0.717) is 12.4 Å². The number of aliphatic hydroxyl groups is 1. The van der Waals surface area contributed by atoms with Gasteiger partial charge in [-0.25, -0.2) is 9.97 Å². The second-order valence-corrected chi connectivity index (χ2v) is 8.74. The van der Waals surface area contributed by atoms with Crippen LogP contribution in [-0.2, 0) is 18.6 Å². The number of hydrogen-bond donors (Lipinski definition) is 2. The zero-order valence-electron chi connectivity index (χ0n) is 18.7. The Morgan fingerprint density at radius 2 is 2.03 bits per heavy atom. The summed E-state index contributed by atoms with van der Waals surface area (Å²) in [4.78, 5) is 13.4. The van der Waals surface area contributed by atoms with Gasteiger partial charge in [-0.1, -0.05) is 13.0 Å². The van der Waals surface area contributed by atoms with Gasteiger partial charge in [-0.2, -0.15) is 0 Å². The van der Waals surface area contributed by atoms with Crippen LogP contribution in [0.1, 0.15) is 50.2 Å². The van der Waals surface area contributed by atoms with Gasteiger partial charge in [0.15, 0.2) is 12.1 Å². The number of aliphatic hydroxyl groups excluding tert-OH is 1. The van der Waals surface area contributed by atoms with E-state index in [1.807, 2.05) is 66.6 Å². The molecule has 1 atom stereocenters. The van der Waals surface area contributed by atoms with Gasteiger partial charge in [0.05, 0.1) is 11.2 Å². The maximum atomic E-state index is 11.2. The maximum absolute atomic E-state index is 11.2. The average molecular weight is 423 g/mol. The molecule has 3 N–H and O–H groups in total. The molecule has 3 aromatic heterocycles. The zero-order chi connectivity index (χ0) is 22.3. The van der Waals surface area contributed by atoms with Gasteiger partial charge in [0.25, 0.3) is 0 Å². The summed E-state index contributed by atoms with van der Waals surface area (Å²) in [5, 5.41) is 19.5. The van der Waals surface area contributed by atoms with E-state index in [0.717, 1.165) is 47.1 Å². The molecular weight excluding hydrogens is 392 g/mol. The number of anilines is 2. The van der Waals surface area contributed by atoms with Gasteiger partial charge in [-0.05, 0) is 38.5 Å². The quantitative estimate of drug-likeness (QED) is 0.623. The smallest absolute Gasteiger partial charge is 0.182 e. The van der Waals surface area contributed by atoms with Gasteiger partial charge >= 0.3 is 0 Å². The highest BCUT2D eigenvalue weighted by atomic mass is 16.3. The molecule has 0 fully saturated rings. The van der Waals surface area contributed by atoms with Crippen LogP contribution in [0.15, 0.2) is 30.6 Å². The van der Waals surface area contributed by atoms with E-state index in [-0.39, 0.29) is 0 Å². The van der Waals surface area contributed by atoms with Crippen LogP contribution in [0.4, 0.5) is 11.6 Å². The Bertz CT molecular complexity index is 1090. The highest BCUT2D eigenvalue weighted by molar-refractivity contribution is 5.59. The van der Waals surface area contributed by atoms with E-state index in [2.05, 4.69) is 17.1 Å². The van der Waals surface area contributed by atoms with E-state index >= 15 is 0 Å². The monoisotopic (exact) mass is 422 g/mol. The van der Waals surface area contributed by atoms with Crippen molar-refractivity contribution in [3.05, 3.63) is 47.4 Å². The fraction of sp³-hybridized carbons (Fsp3) is 0.455. The molecule has 0 saturated carbocycles. The van der Waals surface area contributed by atoms with Crippen molar-refractivity contribution in [1.29, 1.82) is 0 Å². The van der Waals surface area contributed by atoms with Crippen LogP contribution in [-0.4, -0.2) is 43.9 Å². The molecule has 1 aliphatic heterocycles. The molecule has 0 radical (unpaired) electrons. The van der Waals surface area contributed by atoms with E-state index in [1.165, 1.54) is 0 Å². The molecule has 4 heterocycles. The Morgan fingerprint density at radius 1 is 1.26 bits per heavy atom. The molecule has 164 valence electrons. The van der Waals surface area contributed by atoms with Crippen LogP contribution in [0.3, 0.4) is 0 Å². The molecule has 31 heavy (non-hydrogen) atoms. The summed E-state index contributed by atoms with van der Waals surface area (Å²) < 4.78 is 1.99. The first-order valence-electron chi connectivity index (χ1n) is 10.5. The number of rotatable bonds is 6. The molecule has 1 aliphatic rings. The average Bonchev–Trinajstić information content (AvgIpc) is 3.31. The van der Waals surface area contributed by atoms with Gasteiger partial charge in [0.1, 0.15) is 23.7 Å². The predicted octanol–water partition coefficient (Wildman–Crippen LogP) is 2.42. The molecule has 0 amide bonds. The molecular formula is C22H30N8O. The number of aryl methyl sites for hydroxylation is 1. The van der Waals surface area contributed by atoms with Crippen molar-refractivity contribution >= 4 is 11.6 Å². The first kappa shape index (κ1) is 21.2. The summed E-state index contributed by atoms with van der Waals surface area (Å²) in [5.41, 5.74) is 9.08. The predicted molar refractivity (Wildman–Crippen MR) is 120 cm³/mol. The summed E-state index contributed by atoms with van der Waals surface area (Å²) in [6.07, 6.45) is 1.86. The zero-order valence-corrected chi connectivity index (χ0v) is 18.7. The first-order valence-corrected chi connectivity index (χ1v) is 10.5. The fourth-order valence-electron chi connectivity index (χ4n) is 3.93. The molecule has 0 aliphatic carbocycles. The minimum Gasteiger partial charge on any atom is -0.369 e. The van der Waals surface area contributed by atoms with E-state index in [1.54, 1.807) is 6.33 Å². The Balaban J connectivity index is 1.74. The minimum absolute atomic E-state index is 0.477. The third-order valence-corrected chi connectivity index (χ3v) is 5.45. The van der Waals surface area contributed by atoms with Crippen molar-refractivity contribution in [2.45, 2.75) is 52.0 Å². The third-order valence-electron chi connectivity index (χ3n) is 5.45. The largest absolute Gasteiger partial charge is 0.369 e. The summed E-state index contributed by atoms with van der Waals surface area (Å²) in [6, 6.07) is 7.66. The SMILES string of the molecule is CCCn1cnnc1-c1cccc(N2Cc3c(cc(N(C)C)nc3C(C)(C)N)C2O)n1. The summed E-state index contributed by atoms with van der Waals surface area (Å²) in [5.74, 6) is 2.15. The lowest BCUT2D eigenvalue weighted by Gasteiger charge is -2.24. The Hall–Kier alpha value is -3.04. The lowest BCUT2D eigenvalue weighted by Crippen LogP contribution is -2.32. The molecule has 9 nitrogen and oxygen atoms in total. The third kappa shape index (κ3) is 3.86. The second kappa shape index (κ2) is 7.90. The summed E-state index contributed by atoms with van der Waals surface area (Å²) in [7, 11) is 3.86. The van der Waals surface area contributed by atoms with Gasteiger partial charge in [0.2, 0.25) is 0 Å². The molecule has 0 aromatic carbocycles. The highest BCUT2D eigenvalue weighted by Crippen LogP contribution is 2.40. The lowest BCUT2D eigenvalue weighted by molar-refractivity contribution is 0.181. The van der Waals surface area contributed by atoms with Crippen LogP contribution in [0, 0.1) is 0 Å². The number of nitrogens with two attached hydrogens (primary N) is 1. The molecule has 0 bridgehead atoms. The van der Waals surface area contributed by atoms with Crippen LogP contribution in [0.2, 0.25) is 0 Å². The Labute approximate surface area is 182 Å². The molecule has 4 rings (SSSR count). The van der Waals surface area contributed by atoms with Crippen LogP contribution < -0.4 is 15.5 Å². The first-order chi connectivity index (χ1) is 14.7. The van der Waals surface area contributed by atoms with Crippen molar-refractivity contribution in [2.24, 2.45) is 5.73 Å². The lowest BCUT2D eigenvalue weighted by atomic mass is 9.94. The van der Waals surface area contributed by atoms with Crippen molar-refractivity contribution in [2.75, 3.05) is 23.9 Å². The van der Waals surface area contributed by atoms with Crippen LogP contribution in [0.5, 0.6) is 0 Å². The van der Waals surface area contributed by atoms with Gasteiger partial charge in [-0.3, -0.25) is 0 Å². The molecule has 1 unspecified atom stereocenters. The van der Waals surface area contributed by atoms with Gasteiger partial charge < -0.3 is 25.2 Å².